The van der Waals surface area contributed by atoms with Crippen LogP contribution in [0, 0.1) is 5.92 Å². The van der Waals surface area contributed by atoms with Gasteiger partial charge in [0.25, 0.3) is 0 Å². The van der Waals surface area contributed by atoms with Crippen LogP contribution < -0.4 is 0 Å². The highest BCUT2D eigenvalue weighted by Gasteiger charge is 2.39. The van der Waals surface area contributed by atoms with Crippen molar-refractivity contribution in [2.75, 3.05) is 32.7 Å². The first-order chi connectivity index (χ1) is 9.02. The Kier molecular flexibility index (Phi) is 6.75. The Morgan fingerprint density at radius 2 is 1.68 bits per heavy atom. The maximum Gasteiger partial charge on any atom is 0.113 e. The molecule has 2 saturated heterocycles. The van der Waals surface area contributed by atoms with Gasteiger partial charge in [0.05, 0.1) is 0 Å². The van der Waals surface area contributed by atoms with Gasteiger partial charge < -0.3 is 4.90 Å². The first kappa shape index (κ1) is 16.9. The summed E-state index contributed by atoms with van der Waals surface area (Å²) in [6, 6.07) is 0.707. The number of halogens is 1. The van der Waals surface area contributed by atoms with E-state index in [-0.39, 0.29) is 0 Å². The van der Waals surface area contributed by atoms with Crippen LogP contribution in [-0.2, 0) is 0 Å². The lowest BCUT2D eigenvalue weighted by Crippen LogP contribution is -2.61. The van der Waals surface area contributed by atoms with E-state index in [1.807, 2.05) is 13.8 Å². The van der Waals surface area contributed by atoms with Gasteiger partial charge in [0, 0.05) is 32.2 Å². The van der Waals surface area contributed by atoms with E-state index in [0.717, 1.165) is 38.9 Å². The van der Waals surface area contributed by atoms with Crippen molar-refractivity contribution in [2.24, 2.45) is 5.92 Å². The summed E-state index contributed by atoms with van der Waals surface area (Å²) in [6.45, 7) is 15.9. The number of likely N-dealkylation sites (N-methyl/N-ethyl adjacent to an activating group) is 1. The Labute approximate surface area is 119 Å². The van der Waals surface area contributed by atoms with Crippen LogP contribution in [0.2, 0.25) is 0 Å². The van der Waals surface area contributed by atoms with Gasteiger partial charge >= 0.3 is 0 Å². The van der Waals surface area contributed by atoms with Gasteiger partial charge in [0.1, 0.15) is 5.67 Å². The summed E-state index contributed by atoms with van der Waals surface area (Å²) in [6.07, 6.45) is 2.23. The molecule has 0 unspecified atom stereocenters. The third-order valence-corrected chi connectivity index (χ3v) is 4.37. The molecular formula is C16H33FN2. The first-order valence-corrected chi connectivity index (χ1v) is 8.18. The molecule has 3 heteroatoms. The van der Waals surface area contributed by atoms with Crippen LogP contribution in [0.15, 0.2) is 0 Å². The van der Waals surface area contributed by atoms with Crippen LogP contribution >= 0.6 is 0 Å². The van der Waals surface area contributed by atoms with Crippen molar-refractivity contribution in [3.63, 3.8) is 0 Å². The van der Waals surface area contributed by atoms with E-state index in [4.69, 9.17) is 0 Å². The molecule has 19 heavy (non-hydrogen) atoms. The van der Waals surface area contributed by atoms with Crippen molar-refractivity contribution < 1.29 is 4.39 Å². The van der Waals surface area contributed by atoms with Crippen LogP contribution in [0.4, 0.5) is 4.39 Å². The predicted molar refractivity (Wildman–Crippen MR) is 81.4 cm³/mol. The van der Waals surface area contributed by atoms with Gasteiger partial charge in [-0.2, -0.15) is 0 Å². The molecule has 0 radical (unpaired) electrons. The number of likely N-dealkylation sites (tertiary alicyclic amines) is 2. The SMILES string of the molecule is CC.CCN1CC(N2CCC(F)(CC(C)C)CC2)C1. The maximum absolute atomic E-state index is 14.5. The highest BCUT2D eigenvalue weighted by atomic mass is 19.1. The van der Waals surface area contributed by atoms with Crippen molar-refractivity contribution in [3.8, 4) is 0 Å². The Morgan fingerprint density at radius 3 is 2.11 bits per heavy atom. The molecule has 2 aliphatic heterocycles. The molecule has 0 aromatic rings. The number of piperidine rings is 1. The predicted octanol–water partition coefficient (Wildman–Crippen LogP) is 3.57. The van der Waals surface area contributed by atoms with E-state index in [2.05, 4.69) is 30.6 Å². The summed E-state index contributed by atoms with van der Waals surface area (Å²) in [7, 11) is 0. The summed E-state index contributed by atoms with van der Waals surface area (Å²) in [5.41, 5.74) is -0.876. The number of hydrogen-bond donors (Lipinski definition) is 0. The van der Waals surface area contributed by atoms with E-state index in [1.165, 1.54) is 13.1 Å². The summed E-state index contributed by atoms with van der Waals surface area (Å²) in [4.78, 5) is 4.96. The fraction of sp³-hybridized carbons (Fsp3) is 1.00. The van der Waals surface area contributed by atoms with Crippen molar-refractivity contribution >= 4 is 0 Å². The zero-order valence-corrected chi connectivity index (χ0v) is 13.6. The monoisotopic (exact) mass is 272 g/mol. The van der Waals surface area contributed by atoms with E-state index < -0.39 is 5.67 Å². The van der Waals surface area contributed by atoms with Crippen molar-refractivity contribution in [2.45, 2.75) is 65.6 Å². The normalized spacial score (nSPS) is 24.8. The zero-order valence-electron chi connectivity index (χ0n) is 13.6. The molecule has 2 aliphatic rings. The van der Waals surface area contributed by atoms with Gasteiger partial charge in [0.2, 0.25) is 0 Å². The molecule has 2 rings (SSSR count). The number of alkyl halides is 1. The van der Waals surface area contributed by atoms with Crippen molar-refractivity contribution in [1.82, 2.24) is 9.80 Å². The Balaban J connectivity index is 0.000000861. The summed E-state index contributed by atoms with van der Waals surface area (Å²) in [5, 5.41) is 0. The minimum atomic E-state index is -0.876. The Bertz CT molecular complexity index is 241. The average Bonchev–Trinajstić information content (AvgIpc) is 2.32. The molecule has 0 saturated carbocycles. The van der Waals surface area contributed by atoms with E-state index in [1.54, 1.807) is 0 Å². The summed E-state index contributed by atoms with van der Waals surface area (Å²) < 4.78 is 14.5. The quantitative estimate of drug-likeness (QED) is 0.772. The first-order valence-electron chi connectivity index (χ1n) is 8.18. The van der Waals surface area contributed by atoms with Crippen LogP contribution in [0.1, 0.15) is 53.9 Å². The summed E-state index contributed by atoms with van der Waals surface area (Å²) >= 11 is 0. The number of nitrogens with zero attached hydrogens (tertiary/aromatic N) is 2. The second-order valence-electron chi connectivity index (χ2n) is 6.29. The van der Waals surface area contributed by atoms with Crippen molar-refractivity contribution in [1.29, 1.82) is 0 Å². The van der Waals surface area contributed by atoms with Crippen LogP contribution in [-0.4, -0.2) is 54.2 Å². The van der Waals surface area contributed by atoms with Gasteiger partial charge in [-0.15, -0.1) is 0 Å². The molecule has 2 nitrogen and oxygen atoms in total. The smallest absolute Gasteiger partial charge is 0.113 e. The molecule has 0 atom stereocenters. The van der Waals surface area contributed by atoms with Gasteiger partial charge in [-0.25, -0.2) is 4.39 Å². The fourth-order valence-corrected chi connectivity index (χ4v) is 3.26. The highest BCUT2D eigenvalue weighted by molar-refractivity contribution is 4.94. The largest absolute Gasteiger partial charge is 0.300 e. The molecule has 0 aromatic heterocycles. The Morgan fingerprint density at radius 1 is 1.16 bits per heavy atom. The summed E-state index contributed by atoms with van der Waals surface area (Å²) in [5.74, 6) is 0.478. The van der Waals surface area contributed by atoms with Gasteiger partial charge in [-0.05, 0) is 31.7 Å². The molecule has 114 valence electrons. The Hall–Kier alpha value is -0.150. The molecule has 0 bridgehead atoms. The minimum absolute atomic E-state index is 0.478. The third-order valence-electron chi connectivity index (χ3n) is 4.37. The highest BCUT2D eigenvalue weighted by Crippen LogP contribution is 2.34. The molecule has 0 spiro atoms. The number of rotatable bonds is 4. The van der Waals surface area contributed by atoms with E-state index >= 15 is 0 Å². The standard InChI is InChI=1S/C14H27FN2.C2H6/c1-4-16-10-13(11-16)17-7-5-14(15,6-8-17)9-12(2)3;1-2/h12-13H,4-11H2,1-3H3;1-2H3. The number of hydrogen-bond acceptors (Lipinski definition) is 2. The van der Waals surface area contributed by atoms with Crippen LogP contribution in [0.25, 0.3) is 0 Å². The van der Waals surface area contributed by atoms with E-state index in [9.17, 15) is 4.39 Å². The van der Waals surface area contributed by atoms with Crippen molar-refractivity contribution in [3.05, 3.63) is 0 Å². The fourth-order valence-electron chi connectivity index (χ4n) is 3.26. The third kappa shape index (κ3) is 4.71. The molecule has 2 fully saturated rings. The molecule has 0 aliphatic carbocycles. The van der Waals surface area contributed by atoms with Crippen LogP contribution in [0.5, 0.6) is 0 Å². The van der Waals surface area contributed by atoms with Gasteiger partial charge in [0.15, 0.2) is 0 Å². The minimum Gasteiger partial charge on any atom is -0.300 e. The second kappa shape index (κ2) is 7.58. The molecule has 2 heterocycles. The molecule has 0 aromatic carbocycles. The average molecular weight is 272 g/mol. The lowest BCUT2D eigenvalue weighted by atomic mass is 9.84. The van der Waals surface area contributed by atoms with E-state index in [0.29, 0.717) is 12.0 Å². The lowest BCUT2D eigenvalue weighted by molar-refractivity contribution is -0.0212. The second-order valence-corrected chi connectivity index (χ2v) is 6.29. The van der Waals surface area contributed by atoms with Gasteiger partial charge in [-0.1, -0.05) is 34.6 Å². The van der Waals surface area contributed by atoms with Crippen LogP contribution in [0.3, 0.4) is 0 Å². The topological polar surface area (TPSA) is 6.48 Å². The zero-order chi connectivity index (χ0) is 14.5. The molecule has 0 N–H and O–H groups in total. The molecular weight excluding hydrogens is 239 g/mol. The molecule has 0 amide bonds. The maximum atomic E-state index is 14.5. The lowest BCUT2D eigenvalue weighted by Gasteiger charge is -2.48. The van der Waals surface area contributed by atoms with Gasteiger partial charge in [-0.3, -0.25) is 4.90 Å².